The fourth-order valence-corrected chi connectivity index (χ4v) is 5.38. The second kappa shape index (κ2) is 11.7. The van der Waals surface area contributed by atoms with Crippen LogP contribution < -0.4 is 9.47 Å². The molecule has 0 aliphatic rings. The van der Waals surface area contributed by atoms with Crippen LogP contribution in [-0.2, 0) is 6.42 Å². The van der Waals surface area contributed by atoms with E-state index >= 15 is 0 Å². The van der Waals surface area contributed by atoms with Gasteiger partial charge in [0.15, 0.2) is 0 Å². The third-order valence-corrected chi connectivity index (χ3v) is 7.97. The maximum Gasteiger partial charge on any atom is 0.343 e. The minimum atomic E-state index is -0.450. The van der Waals surface area contributed by atoms with Gasteiger partial charge in [-0.15, -0.1) is 0 Å². The van der Waals surface area contributed by atoms with Crippen molar-refractivity contribution in [1.29, 1.82) is 0 Å². The SMILES string of the molecule is O=C(Oc1ccc2ccccc2c1Cc1c(OC(=O)c2ccc(Br)cc2)ccc2ccccc12)c1ccc(Br)cc1. The van der Waals surface area contributed by atoms with Crippen molar-refractivity contribution in [1.82, 2.24) is 0 Å². The van der Waals surface area contributed by atoms with Gasteiger partial charge in [-0.2, -0.15) is 0 Å². The Bertz CT molecular complexity index is 1770. The molecule has 6 aromatic rings. The van der Waals surface area contributed by atoms with Crippen LogP contribution in [0.5, 0.6) is 11.5 Å². The van der Waals surface area contributed by atoms with Crippen molar-refractivity contribution in [2.45, 2.75) is 6.42 Å². The molecule has 41 heavy (non-hydrogen) atoms. The van der Waals surface area contributed by atoms with Gasteiger partial charge in [-0.3, -0.25) is 0 Å². The molecule has 6 heteroatoms. The lowest BCUT2D eigenvalue weighted by molar-refractivity contribution is 0.0726. The monoisotopic (exact) mass is 664 g/mol. The van der Waals surface area contributed by atoms with Crippen molar-refractivity contribution in [2.75, 3.05) is 0 Å². The first-order chi connectivity index (χ1) is 20.0. The zero-order chi connectivity index (χ0) is 28.3. The number of fused-ring (bicyclic) bond motifs is 2. The molecule has 0 saturated heterocycles. The van der Waals surface area contributed by atoms with Gasteiger partial charge in [0, 0.05) is 26.5 Å². The Labute approximate surface area is 253 Å². The summed E-state index contributed by atoms with van der Waals surface area (Å²) in [4.78, 5) is 26.3. The van der Waals surface area contributed by atoms with Crippen LogP contribution in [0.15, 0.2) is 130 Å². The zero-order valence-corrected chi connectivity index (χ0v) is 24.8. The van der Waals surface area contributed by atoms with Crippen molar-refractivity contribution in [2.24, 2.45) is 0 Å². The maximum atomic E-state index is 13.2. The summed E-state index contributed by atoms with van der Waals surface area (Å²) in [6.45, 7) is 0. The average molecular weight is 666 g/mol. The molecule has 0 radical (unpaired) electrons. The number of benzene rings is 6. The molecule has 0 aliphatic heterocycles. The molecule has 0 amide bonds. The molecule has 6 rings (SSSR count). The first-order valence-corrected chi connectivity index (χ1v) is 14.5. The van der Waals surface area contributed by atoms with E-state index in [1.54, 1.807) is 48.5 Å². The van der Waals surface area contributed by atoms with E-state index in [9.17, 15) is 9.59 Å². The van der Waals surface area contributed by atoms with E-state index in [1.165, 1.54) is 0 Å². The largest absolute Gasteiger partial charge is 0.423 e. The minimum absolute atomic E-state index is 0.370. The number of esters is 2. The van der Waals surface area contributed by atoms with Gasteiger partial charge in [-0.25, -0.2) is 9.59 Å². The summed E-state index contributed by atoms with van der Waals surface area (Å²) >= 11 is 6.82. The van der Waals surface area contributed by atoms with Crippen LogP contribution in [0.4, 0.5) is 0 Å². The quantitative estimate of drug-likeness (QED) is 0.131. The first-order valence-electron chi connectivity index (χ1n) is 12.9. The van der Waals surface area contributed by atoms with Gasteiger partial charge in [0.05, 0.1) is 11.1 Å². The zero-order valence-electron chi connectivity index (χ0n) is 21.6. The normalized spacial score (nSPS) is 11.0. The Morgan fingerprint density at radius 3 is 1.29 bits per heavy atom. The molecule has 0 unspecified atom stereocenters. The van der Waals surface area contributed by atoms with E-state index in [1.807, 2.05) is 72.8 Å². The van der Waals surface area contributed by atoms with Gasteiger partial charge in [-0.1, -0.05) is 92.5 Å². The van der Waals surface area contributed by atoms with Crippen LogP contribution in [-0.4, -0.2) is 11.9 Å². The topological polar surface area (TPSA) is 52.6 Å². The molecule has 6 aromatic carbocycles. The molecule has 0 aromatic heterocycles. The molecular weight excluding hydrogens is 644 g/mol. The summed E-state index contributed by atoms with van der Waals surface area (Å²) in [5.41, 5.74) is 2.54. The fraction of sp³-hybridized carbons (Fsp3) is 0.0286. The van der Waals surface area contributed by atoms with E-state index in [0.29, 0.717) is 29.0 Å². The second-order valence-corrected chi connectivity index (χ2v) is 11.3. The molecule has 0 saturated carbocycles. The van der Waals surface area contributed by atoms with Crippen LogP contribution >= 0.6 is 31.9 Å². The summed E-state index contributed by atoms with van der Waals surface area (Å²) < 4.78 is 13.8. The number of ether oxygens (including phenoxy) is 2. The Morgan fingerprint density at radius 1 is 0.488 bits per heavy atom. The summed E-state index contributed by atoms with van der Waals surface area (Å²) in [6.07, 6.45) is 0.370. The summed E-state index contributed by atoms with van der Waals surface area (Å²) in [6, 6.07) is 37.6. The van der Waals surface area contributed by atoms with E-state index < -0.39 is 11.9 Å². The molecule has 0 atom stereocenters. The first kappa shape index (κ1) is 26.9. The third kappa shape index (κ3) is 5.80. The van der Waals surface area contributed by atoms with E-state index in [4.69, 9.17) is 9.47 Å². The molecule has 0 heterocycles. The highest BCUT2D eigenvalue weighted by Crippen LogP contribution is 2.37. The average Bonchev–Trinajstić information content (AvgIpc) is 2.99. The van der Waals surface area contributed by atoms with Gasteiger partial charge >= 0.3 is 11.9 Å². The number of carbonyl (C=O) groups excluding carboxylic acids is 2. The summed E-state index contributed by atoms with van der Waals surface area (Å²) in [5.74, 6) is 0.00663. The van der Waals surface area contributed by atoms with Gasteiger partial charge in [-0.05, 0) is 82.2 Å². The number of hydrogen-bond donors (Lipinski definition) is 0. The smallest absolute Gasteiger partial charge is 0.343 e. The van der Waals surface area contributed by atoms with E-state index in [-0.39, 0.29) is 0 Å². The highest BCUT2D eigenvalue weighted by molar-refractivity contribution is 9.10. The molecule has 0 bridgehead atoms. The van der Waals surface area contributed by atoms with Crippen LogP contribution in [0, 0.1) is 0 Å². The maximum absolute atomic E-state index is 13.2. The lowest BCUT2D eigenvalue weighted by atomic mass is 9.93. The van der Waals surface area contributed by atoms with Crippen molar-refractivity contribution in [3.8, 4) is 11.5 Å². The van der Waals surface area contributed by atoms with Crippen molar-refractivity contribution < 1.29 is 19.1 Å². The number of halogens is 2. The van der Waals surface area contributed by atoms with E-state index in [0.717, 1.165) is 41.6 Å². The van der Waals surface area contributed by atoms with Crippen molar-refractivity contribution in [3.05, 3.63) is 153 Å². The molecular formula is C35H22Br2O4. The summed E-state index contributed by atoms with van der Waals surface area (Å²) in [5, 5.41) is 3.93. The van der Waals surface area contributed by atoms with Crippen molar-refractivity contribution in [3.63, 3.8) is 0 Å². The van der Waals surface area contributed by atoms with Crippen LogP contribution in [0.25, 0.3) is 21.5 Å². The standard InChI is InChI=1S/C35H22Br2O4/c36-26-15-9-24(10-16-26)34(38)40-32-19-13-22-5-1-3-7-28(22)30(32)21-31-29-8-4-2-6-23(29)14-20-33(31)41-35(39)25-11-17-27(37)18-12-25/h1-20H,21H2. The van der Waals surface area contributed by atoms with E-state index in [2.05, 4.69) is 31.9 Å². The predicted octanol–water partition coefficient (Wildman–Crippen LogP) is 9.55. The second-order valence-electron chi connectivity index (χ2n) is 9.50. The molecule has 4 nitrogen and oxygen atoms in total. The minimum Gasteiger partial charge on any atom is -0.423 e. The Kier molecular flexibility index (Phi) is 7.68. The third-order valence-electron chi connectivity index (χ3n) is 6.91. The Morgan fingerprint density at radius 2 is 0.878 bits per heavy atom. The van der Waals surface area contributed by atoms with Crippen LogP contribution in [0.3, 0.4) is 0 Å². The number of carbonyl (C=O) groups is 2. The van der Waals surface area contributed by atoms with Crippen LogP contribution in [0.1, 0.15) is 31.8 Å². The van der Waals surface area contributed by atoms with Crippen molar-refractivity contribution >= 4 is 65.3 Å². The lowest BCUT2D eigenvalue weighted by Gasteiger charge is -2.17. The summed E-state index contributed by atoms with van der Waals surface area (Å²) in [7, 11) is 0. The van der Waals surface area contributed by atoms with Gasteiger partial charge in [0.1, 0.15) is 11.5 Å². The van der Waals surface area contributed by atoms with Gasteiger partial charge in [0.25, 0.3) is 0 Å². The lowest BCUT2D eigenvalue weighted by Crippen LogP contribution is -2.12. The Balaban J connectivity index is 1.45. The molecule has 200 valence electrons. The van der Waals surface area contributed by atoms with Crippen LogP contribution in [0.2, 0.25) is 0 Å². The molecule has 0 N–H and O–H groups in total. The molecule has 0 aliphatic carbocycles. The highest BCUT2D eigenvalue weighted by atomic mass is 79.9. The highest BCUT2D eigenvalue weighted by Gasteiger charge is 2.20. The Hall–Kier alpha value is -4.26. The number of hydrogen-bond acceptors (Lipinski definition) is 4. The molecule has 0 fully saturated rings. The number of rotatable bonds is 6. The van der Waals surface area contributed by atoms with Gasteiger partial charge in [0.2, 0.25) is 0 Å². The van der Waals surface area contributed by atoms with Gasteiger partial charge < -0.3 is 9.47 Å². The molecule has 0 spiro atoms. The fourth-order valence-electron chi connectivity index (χ4n) is 4.85. The predicted molar refractivity (Wildman–Crippen MR) is 169 cm³/mol.